The first-order valence-corrected chi connectivity index (χ1v) is 11.9. The number of fused-ring (bicyclic) bond motifs is 1. The number of piperidine rings is 1. The number of hydrogen-bond acceptors (Lipinski definition) is 5. The lowest BCUT2D eigenvalue weighted by atomic mass is 10.0. The summed E-state index contributed by atoms with van der Waals surface area (Å²) >= 11 is 0. The number of amides is 1. The number of nitrogens with zero attached hydrogens (tertiary/aromatic N) is 1. The molecule has 2 saturated heterocycles. The number of rotatable bonds is 4. The van der Waals surface area contributed by atoms with E-state index in [-0.39, 0.29) is 35.9 Å². The molecule has 4 rings (SSSR count). The summed E-state index contributed by atoms with van der Waals surface area (Å²) in [5.41, 5.74) is 3.89. The van der Waals surface area contributed by atoms with Gasteiger partial charge in [0.25, 0.3) is 0 Å². The number of nitrogens with one attached hydrogen (secondary N) is 1. The summed E-state index contributed by atoms with van der Waals surface area (Å²) in [5, 5.41) is 3.96. The second-order valence-electron chi connectivity index (χ2n) is 8.24. The van der Waals surface area contributed by atoms with E-state index in [2.05, 4.69) is 10.2 Å². The molecule has 1 aromatic heterocycles. The SMILES string of the molecule is Cc1ccc2c(CC(=O)NC3CS(=O)(=O)CC3N3CCCCC3)coc2c1C. The van der Waals surface area contributed by atoms with Crippen LogP contribution in [0.5, 0.6) is 0 Å². The number of furan rings is 1. The van der Waals surface area contributed by atoms with E-state index in [1.807, 2.05) is 26.0 Å². The maximum atomic E-state index is 12.7. The summed E-state index contributed by atoms with van der Waals surface area (Å²) in [7, 11) is -3.12. The van der Waals surface area contributed by atoms with Crippen LogP contribution in [0.25, 0.3) is 11.0 Å². The lowest BCUT2D eigenvalue weighted by Gasteiger charge is -2.35. The minimum absolute atomic E-state index is 0.0321. The van der Waals surface area contributed by atoms with Crippen LogP contribution in [-0.2, 0) is 21.1 Å². The van der Waals surface area contributed by atoms with Crippen molar-refractivity contribution >= 4 is 26.7 Å². The van der Waals surface area contributed by atoms with Gasteiger partial charge in [-0.3, -0.25) is 9.69 Å². The molecule has 1 amide bonds. The van der Waals surface area contributed by atoms with Crippen molar-refractivity contribution in [2.75, 3.05) is 24.6 Å². The Morgan fingerprint density at radius 3 is 2.68 bits per heavy atom. The van der Waals surface area contributed by atoms with Crippen LogP contribution in [-0.4, -0.2) is 55.9 Å². The maximum Gasteiger partial charge on any atom is 0.224 e. The molecule has 0 saturated carbocycles. The van der Waals surface area contributed by atoms with Crippen LogP contribution in [0.15, 0.2) is 22.8 Å². The van der Waals surface area contributed by atoms with E-state index in [4.69, 9.17) is 4.42 Å². The lowest BCUT2D eigenvalue weighted by Crippen LogP contribution is -2.52. The second-order valence-corrected chi connectivity index (χ2v) is 10.4. The van der Waals surface area contributed by atoms with Gasteiger partial charge >= 0.3 is 0 Å². The van der Waals surface area contributed by atoms with E-state index in [0.29, 0.717) is 0 Å². The van der Waals surface area contributed by atoms with Crippen molar-refractivity contribution in [1.29, 1.82) is 0 Å². The molecule has 3 heterocycles. The van der Waals surface area contributed by atoms with E-state index in [0.717, 1.165) is 53.6 Å². The monoisotopic (exact) mass is 404 g/mol. The van der Waals surface area contributed by atoms with Gasteiger partial charge < -0.3 is 9.73 Å². The van der Waals surface area contributed by atoms with Gasteiger partial charge in [-0.25, -0.2) is 8.42 Å². The number of carbonyl (C=O) groups excluding carboxylic acids is 1. The zero-order valence-electron chi connectivity index (χ0n) is 16.5. The van der Waals surface area contributed by atoms with E-state index >= 15 is 0 Å². The average molecular weight is 405 g/mol. The maximum absolute atomic E-state index is 12.7. The van der Waals surface area contributed by atoms with Crippen molar-refractivity contribution in [1.82, 2.24) is 10.2 Å². The molecule has 2 aliphatic heterocycles. The van der Waals surface area contributed by atoms with Gasteiger partial charge in [-0.1, -0.05) is 18.6 Å². The molecule has 2 aliphatic rings. The Bertz CT molecular complexity index is 989. The zero-order chi connectivity index (χ0) is 19.9. The molecule has 1 aromatic carbocycles. The molecule has 152 valence electrons. The van der Waals surface area contributed by atoms with E-state index in [1.165, 1.54) is 6.42 Å². The number of hydrogen-bond donors (Lipinski definition) is 1. The van der Waals surface area contributed by atoms with Gasteiger partial charge in [0.05, 0.1) is 30.2 Å². The summed E-state index contributed by atoms with van der Waals surface area (Å²) in [6.45, 7) is 5.87. The number of benzene rings is 1. The average Bonchev–Trinajstić information content (AvgIpc) is 3.19. The van der Waals surface area contributed by atoms with Crippen molar-refractivity contribution in [3.63, 3.8) is 0 Å². The molecule has 2 aromatic rings. The Kier molecular flexibility index (Phi) is 5.22. The van der Waals surface area contributed by atoms with Crippen molar-refractivity contribution in [2.24, 2.45) is 0 Å². The predicted octanol–water partition coefficient (Wildman–Crippen LogP) is 2.36. The summed E-state index contributed by atoms with van der Waals surface area (Å²) < 4.78 is 30.2. The predicted molar refractivity (Wildman–Crippen MR) is 109 cm³/mol. The normalized spacial score (nSPS) is 25.2. The smallest absolute Gasteiger partial charge is 0.224 e. The van der Waals surface area contributed by atoms with Crippen molar-refractivity contribution in [2.45, 2.75) is 51.6 Å². The zero-order valence-corrected chi connectivity index (χ0v) is 17.3. The topological polar surface area (TPSA) is 79.6 Å². The van der Waals surface area contributed by atoms with Gasteiger partial charge in [-0.05, 0) is 50.9 Å². The molecule has 0 spiro atoms. The Hall–Kier alpha value is -1.86. The third kappa shape index (κ3) is 3.82. The first-order chi connectivity index (χ1) is 13.3. The lowest BCUT2D eigenvalue weighted by molar-refractivity contribution is -0.121. The Morgan fingerprint density at radius 1 is 1.18 bits per heavy atom. The van der Waals surface area contributed by atoms with Crippen molar-refractivity contribution in [3.8, 4) is 0 Å². The van der Waals surface area contributed by atoms with Crippen LogP contribution in [0.2, 0.25) is 0 Å². The van der Waals surface area contributed by atoms with Gasteiger partial charge in [0, 0.05) is 17.0 Å². The highest BCUT2D eigenvalue weighted by Crippen LogP contribution is 2.27. The van der Waals surface area contributed by atoms with E-state index < -0.39 is 9.84 Å². The van der Waals surface area contributed by atoms with Crippen molar-refractivity contribution in [3.05, 3.63) is 35.1 Å². The number of likely N-dealkylation sites (tertiary alicyclic amines) is 1. The third-order valence-corrected chi connectivity index (χ3v) is 7.94. The fourth-order valence-electron chi connectivity index (χ4n) is 4.53. The molecule has 2 fully saturated rings. The number of aryl methyl sites for hydroxylation is 2. The molecule has 0 radical (unpaired) electrons. The van der Waals surface area contributed by atoms with Crippen molar-refractivity contribution < 1.29 is 17.6 Å². The molecule has 28 heavy (non-hydrogen) atoms. The molecule has 6 nitrogen and oxygen atoms in total. The fourth-order valence-corrected chi connectivity index (χ4v) is 6.49. The molecule has 2 atom stereocenters. The summed E-state index contributed by atoms with van der Waals surface area (Å²) in [4.78, 5) is 15.0. The highest BCUT2D eigenvalue weighted by atomic mass is 32.2. The Labute approximate surface area is 166 Å². The van der Waals surface area contributed by atoms with Crippen LogP contribution < -0.4 is 5.32 Å². The van der Waals surface area contributed by atoms with Crippen LogP contribution in [0.1, 0.15) is 36.0 Å². The summed E-state index contributed by atoms with van der Waals surface area (Å²) in [5.74, 6) is 0.0279. The van der Waals surface area contributed by atoms with Gasteiger partial charge in [-0.2, -0.15) is 0 Å². The summed E-state index contributed by atoms with van der Waals surface area (Å²) in [6.07, 6.45) is 5.22. The Morgan fingerprint density at radius 2 is 1.93 bits per heavy atom. The first kappa shape index (κ1) is 19.5. The minimum Gasteiger partial charge on any atom is -0.464 e. The summed E-state index contributed by atoms with van der Waals surface area (Å²) in [6, 6.07) is 3.57. The van der Waals surface area contributed by atoms with Crippen LogP contribution in [0.3, 0.4) is 0 Å². The number of carbonyl (C=O) groups is 1. The van der Waals surface area contributed by atoms with E-state index in [9.17, 15) is 13.2 Å². The van der Waals surface area contributed by atoms with Crippen LogP contribution in [0, 0.1) is 13.8 Å². The highest BCUT2D eigenvalue weighted by molar-refractivity contribution is 7.91. The second kappa shape index (κ2) is 7.52. The van der Waals surface area contributed by atoms with Gasteiger partial charge in [0.1, 0.15) is 5.58 Å². The van der Waals surface area contributed by atoms with Gasteiger partial charge in [-0.15, -0.1) is 0 Å². The standard InChI is InChI=1S/C21H28N2O4S/c1-14-6-7-17-16(11-27-21(17)15(14)2)10-20(24)22-18-12-28(25,26)13-19(18)23-8-4-3-5-9-23/h6-7,11,18-19H,3-5,8-10,12-13H2,1-2H3,(H,22,24). The molecular formula is C21H28N2O4S. The number of sulfone groups is 1. The molecule has 0 bridgehead atoms. The van der Waals surface area contributed by atoms with Gasteiger partial charge in [0.2, 0.25) is 5.91 Å². The van der Waals surface area contributed by atoms with Crippen LogP contribution >= 0.6 is 0 Å². The quantitative estimate of drug-likeness (QED) is 0.846. The first-order valence-electron chi connectivity index (χ1n) is 10.0. The third-order valence-electron chi connectivity index (χ3n) is 6.22. The molecule has 2 unspecified atom stereocenters. The molecular weight excluding hydrogens is 376 g/mol. The van der Waals surface area contributed by atoms with E-state index in [1.54, 1.807) is 6.26 Å². The molecule has 1 N–H and O–H groups in total. The van der Waals surface area contributed by atoms with Gasteiger partial charge in [0.15, 0.2) is 9.84 Å². The largest absolute Gasteiger partial charge is 0.464 e. The molecule has 7 heteroatoms. The highest BCUT2D eigenvalue weighted by Gasteiger charge is 2.41. The molecule has 0 aliphatic carbocycles. The van der Waals surface area contributed by atoms with Crippen LogP contribution in [0.4, 0.5) is 0 Å². The Balaban J connectivity index is 1.49. The minimum atomic E-state index is -3.12. The fraction of sp³-hybridized carbons (Fsp3) is 0.571.